The van der Waals surface area contributed by atoms with Crippen molar-refractivity contribution in [1.29, 1.82) is 0 Å². The molecule has 0 aliphatic carbocycles. The van der Waals surface area contributed by atoms with Gasteiger partial charge in [-0.25, -0.2) is 0 Å². The van der Waals surface area contributed by atoms with E-state index >= 15 is 0 Å². The SMILES string of the molecule is C[C@@H](O)c1cc([N+](=O)[O-])ccc1OCCOCC(F)(F)F. The second kappa shape index (κ2) is 7.23. The molecule has 0 saturated heterocycles. The number of hydrogen-bond donors (Lipinski definition) is 1. The summed E-state index contributed by atoms with van der Waals surface area (Å²) in [6, 6.07) is 3.61. The average Bonchev–Trinajstić information content (AvgIpc) is 2.36. The Morgan fingerprint density at radius 3 is 2.57 bits per heavy atom. The number of ether oxygens (including phenoxy) is 2. The van der Waals surface area contributed by atoms with E-state index in [0.29, 0.717) is 0 Å². The Morgan fingerprint density at radius 1 is 1.38 bits per heavy atom. The quantitative estimate of drug-likeness (QED) is 0.475. The number of alkyl halides is 3. The highest BCUT2D eigenvalue weighted by atomic mass is 19.4. The van der Waals surface area contributed by atoms with E-state index in [1.165, 1.54) is 19.1 Å². The minimum absolute atomic E-state index is 0.159. The van der Waals surface area contributed by atoms with Gasteiger partial charge in [0.15, 0.2) is 0 Å². The van der Waals surface area contributed by atoms with Gasteiger partial charge < -0.3 is 14.6 Å². The molecule has 6 nitrogen and oxygen atoms in total. The molecule has 1 rings (SSSR count). The maximum Gasteiger partial charge on any atom is 0.411 e. The van der Waals surface area contributed by atoms with Gasteiger partial charge in [0.2, 0.25) is 0 Å². The summed E-state index contributed by atoms with van der Waals surface area (Å²) in [5.41, 5.74) is -0.0356. The molecular formula is C12H14F3NO5. The van der Waals surface area contributed by atoms with Crippen LogP contribution in [-0.2, 0) is 4.74 Å². The molecule has 21 heavy (non-hydrogen) atoms. The Morgan fingerprint density at radius 2 is 2.05 bits per heavy atom. The number of benzene rings is 1. The minimum atomic E-state index is -4.40. The number of hydrogen-bond acceptors (Lipinski definition) is 5. The summed E-state index contributed by atoms with van der Waals surface area (Å²) in [7, 11) is 0. The lowest BCUT2D eigenvalue weighted by molar-refractivity contribution is -0.385. The first-order valence-corrected chi connectivity index (χ1v) is 5.94. The smallest absolute Gasteiger partial charge is 0.411 e. The predicted molar refractivity (Wildman–Crippen MR) is 66.1 cm³/mol. The first kappa shape index (κ1) is 17.2. The third kappa shape index (κ3) is 5.96. The molecule has 9 heteroatoms. The maximum atomic E-state index is 11.8. The minimum Gasteiger partial charge on any atom is -0.491 e. The molecule has 0 aliphatic heterocycles. The zero-order valence-electron chi connectivity index (χ0n) is 11.1. The van der Waals surface area contributed by atoms with Crippen LogP contribution in [0.15, 0.2) is 18.2 Å². The van der Waals surface area contributed by atoms with Gasteiger partial charge >= 0.3 is 6.18 Å². The second-order valence-corrected chi connectivity index (χ2v) is 4.17. The van der Waals surface area contributed by atoms with Crippen molar-refractivity contribution in [2.75, 3.05) is 19.8 Å². The molecule has 1 atom stereocenters. The molecule has 1 aromatic rings. The normalized spacial score (nSPS) is 13.0. The zero-order valence-corrected chi connectivity index (χ0v) is 11.1. The lowest BCUT2D eigenvalue weighted by atomic mass is 10.1. The van der Waals surface area contributed by atoms with E-state index in [0.717, 1.165) is 6.07 Å². The highest BCUT2D eigenvalue weighted by molar-refractivity contribution is 5.44. The van der Waals surface area contributed by atoms with Crippen molar-refractivity contribution in [3.05, 3.63) is 33.9 Å². The standard InChI is InChI=1S/C12H14F3NO5/c1-8(17)10-6-9(16(18)19)2-3-11(10)21-5-4-20-7-12(13,14)15/h2-3,6,8,17H,4-5,7H2,1H3/t8-/m1/s1. The van der Waals surface area contributed by atoms with Crippen LogP contribution >= 0.6 is 0 Å². The van der Waals surface area contributed by atoms with Gasteiger partial charge in [-0.3, -0.25) is 10.1 Å². The average molecular weight is 309 g/mol. The van der Waals surface area contributed by atoms with Gasteiger partial charge in [-0.1, -0.05) is 0 Å². The van der Waals surface area contributed by atoms with E-state index in [4.69, 9.17) is 4.74 Å². The highest BCUT2D eigenvalue weighted by Crippen LogP contribution is 2.29. The van der Waals surface area contributed by atoms with E-state index in [9.17, 15) is 28.4 Å². The fraction of sp³-hybridized carbons (Fsp3) is 0.500. The molecule has 0 aliphatic rings. The molecule has 0 fully saturated rings. The molecule has 0 amide bonds. The van der Waals surface area contributed by atoms with Crippen molar-refractivity contribution in [3.8, 4) is 5.75 Å². The number of nitrogens with zero attached hydrogens (tertiary/aromatic N) is 1. The van der Waals surface area contributed by atoms with E-state index < -0.39 is 23.8 Å². The number of nitro benzene ring substituents is 1. The Kier molecular flexibility index (Phi) is 5.91. The number of halogens is 3. The Balaban J connectivity index is 2.60. The first-order valence-electron chi connectivity index (χ1n) is 5.94. The van der Waals surface area contributed by atoms with Crippen molar-refractivity contribution in [1.82, 2.24) is 0 Å². The summed E-state index contributed by atoms with van der Waals surface area (Å²) in [6.07, 6.45) is -5.42. The van der Waals surface area contributed by atoms with Crippen LogP contribution in [0.3, 0.4) is 0 Å². The molecule has 0 bridgehead atoms. The van der Waals surface area contributed by atoms with Crippen LogP contribution in [0.5, 0.6) is 5.75 Å². The zero-order chi connectivity index (χ0) is 16.0. The van der Waals surface area contributed by atoms with Crippen molar-refractivity contribution < 1.29 is 32.7 Å². The van der Waals surface area contributed by atoms with Crippen LogP contribution in [0.4, 0.5) is 18.9 Å². The van der Waals surface area contributed by atoms with Crippen LogP contribution in [0.25, 0.3) is 0 Å². The predicted octanol–water partition coefficient (Wildman–Crippen LogP) is 2.61. The highest BCUT2D eigenvalue weighted by Gasteiger charge is 2.27. The molecule has 1 aromatic carbocycles. The summed E-state index contributed by atoms with van der Waals surface area (Å²) >= 11 is 0. The molecule has 0 unspecified atom stereocenters. The fourth-order valence-electron chi connectivity index (χ4n) is 1.51. The fourth-order valence-corrected chi connectivity index (χ4v) is 1.51. The molecule has 0 heterocycles. The largest absolute Gasteiger partial charge is 0.491 e. The van der Waals surface area contributed by atoms with Gasteiger partial charge in [0, 0.05) is 17.7 Å². The first-order chi connectivity index (χ1) is 9.70. The van der Waals surface area contributed by atoms with Crippen molar-refractivity contribution in [2.24, 2.45) is 0 Å². The number of non-ortho nitro benzene ring substituents is 1. The number of aliphatic hydroxyl groups excluding tert-OH is 1. The van der Waals surface area contributed by atoms with Gasteiger partial charge in [-0.05, 0) is 13.0 Å². The van der Waals surface area contributed by atoms with Gasteiger partial charge in [-0.15, -0.1) is 0 Å². The molecule has 0 radical (unpaired) electrons. The topological polar surface area (TPSA) is 81.8 Å². The van der Waals surface area contributed by atoms with Crippen LogP contribution in [-0.4, -0.2) is 36.0 Å². The molecule has 118 valence electrons. The second-order valence-electron chi connectivity index (χ2n) is 4.17. The Hall–Kier alpha value is -1.87. The lowest BCUT2D eigenvalue weighted by Crippen LogP contribution is -2.19. The number of aliphatic hydroxyl groups is 1. The van der Waals surface area contributed by atoms with Crippen LogP contribution in [0.2, 0.25) is 0 Å². The molecule has 0 aromatic heterocycles. The molecule has 0 saturated carbocycles. The molecule has 0 spiro atoms. The van der Waals surface area contributed by atoms with E-state index in [-0.39, 0.29) is 30.2 Å². The maximum absolute atomic E-state index is 11.8. The third-order valence-corrected chi connectivity index (χ3v) is 2.41. The van der Waals surface area contributed by atoms with E-state index in [2.05, 4.69) is 4.74 Å². The van der Waals surface area contributed by atoms with Crippen LogP contribution < -0.4 is 4.74 Å². The van der Waals surface area contributed by atoms with E-state index in [1.54, 1.807) is 0 Å². The number of rotatable bonds is 7. The Labute approximate surface area is 118 Å². The van der Waals surface area contributed by atoms with Crippen molar-refractivity contribution in [3.63, 3.8) is 0 Å². The monoisotopic (exact) mass is 309 g/mol. The molecule has 1 N–H and O–H groups in total. The van der Waals surface area contributed by atoms with Gasteiger partial charge in [0.25, 0.3) is 5.69 Å². The van der Waals surface area contributed by atoms with Crippen LogP contribution in [0, 0.1) is 10.1 Å². The van der Waals surface area contributed by atoms with Crippen molar-refractivity contribution in [2.45, 2.75) is 19.2 Å². The summed E-state index contributed by atoms with van der Waals surface area (Å²) in [6.45, 7) is -0.449. The van der Waals surface area contributed by atoms with Crippen LogP contribution in [0.1, 0.15) is 18.6 Å². The summed E-state index contributed by atoms with van der Waals surface area (Å²) in [5, 5.41) is 20.2. The third-order valence-electron chi connectivity index (χ3n) is 2.41. The number of nitro groups is 1. The molecular weight excluding hydrogens is 295 g/mol. The summed E-state index contributed by atoms with van der Waals surface area (Å²) < 4.78 is 45.0. The van der Waals surface area contributed by atoms with Gasteiger partial charge in [0.05, 0.1) is 17.6 Å². The van der Waals surface area contributed by atoms with Gasteiger partial charge in [-0.2, -0.15) is 13.2 Å². The lowest BCUT2D eigenvalue weighted by Gasteiger charge is -2.13. The Bertz CT molecular complexity index is 490. The van der Waals surface area contributed by atoms with E-state index in [1.807, 2.05) is 0 Å². The summed E-state index contributed by atoms with van der Waals surface area (Å²) in [4.78, 5) is 10.0. The van der Waals surface area contributed by atoms with Crippen molar-refractivity contribution >= 4 is 5.69 Å². The van der Waals surface area contributed by atoms with Gasteiger partial charge in [0.1, 0.15) is 19.0 Å². The summed E-state index contributed by atoms with van der Waals surface area (Å²) in [5.74, 6) is 0.159.